The van der Waals surface area contributed by atoms with E-state index >= 15 is 0 Å². The highest BCUT2D eigenvalue weighted by Crippen LogP contribution is 2.12. The van der Waals surface area contributed by atoms with Crippen LogP contribution in [0.3, 0.4) is 0 Å². The van der Waals surface area contributed by atoms with E-state index in [0.717, 1.165) is 19.4 Å². The molecule has 0 bridgehead atoms. The van der Waals surface area contributed by atoms with Crippen LogP contribution in [0, 0.1) is 11.3 Å². The van der Waals surface area contributed by atoms with Gasteiger partial charge in [-0.1, -0.05) is 6.07 Å². The van der Waals surface area contributed by atoms with Crippen LogP contribution in [-0.2, 0) is 9.53 Å². The number of hydrogen-bond acceptors (Lipinski definition) is 4. The van der Waals surface area contributed by atoms with Crippen molar-refractivity contribution in [1.82, 2.24) is 5.32 Å². The summed E-state index contributed by atoms with van der Waals surface area (Å²) in [5, 5.41) is 11.5. The molecule has 1 saturated heterocycles. The van der Waals surface area contributed by atoms with E-state index in [-0.39, 0.29) is 18.6 Å². The molecule has 0 radical (unpaired) electrons. The third-order valence-electron chi connectivity index (χ3n) is 2.88. The summed E-state index contributed by atoms with van der Waals surface area (Å²) in [5.74, 6) is 0.337. The van der Waals surface area contributed by atoms with Gasteiger partial charge in [-0.15, -0.1) is 0 Å². The Kier molecular flexibility index (Phi) is 4.76. The molecule has 1 aliphatic rings. The largest absolute Gasteiger partial charge is 0.484 e. The number of benzene rings is 1. The molecule has 0 aromatic heterocycles. The van der Waals surface area contributed by atoms with Crippen LogP contribution in [0.2, 0.25) is 0 Å². The molecular formula is C14H16N2O3. The molecule has 0 aliphatic carbocycles. The van der Waals surface area contributed by atoms with E-state index in [9.17, 15) is 4.79 Å². The average molecular weight is 260 g/mol. The Labute approximate surface area is 112 Å². The van der Waals surface area contributed by atoms with Crippen molar-refractivity contribution >= 4 is 5.91 Å². The zero-order chi connectivity index (χ0) is 13.5. The first-order valence-corrected chi connectivity index (χ1v) is 6.29. The number of carbonyl (C=O) groups excluding carboxylic acids is 1. The molecule has 1 aromatic carbocycles. The Hall–Kier alpha value is -2.06. The summed E-state index contributed by atoms with van der Waals surface area (Å²) in [6, 6.07) is 8.75. The lowest BCUT2D eigenvalue weighted by molar-refractivity contribution is -0.123. The molecule has 0 spiro atoms. The number of amides is 1. The summed E-state index contributed by atoms with van der Waals surface area (Å²) in [4.78, 5) is 11.6. The van der Waals surface area contributed by atoms with E-state index in [1.165, 1.54) is 0 Å². The van der Waals surface area contributed by atoms with Crippen molar-refractivity contribution in [3.8, 4) is 11.8 Å². The van der Waals surface area contributed by atoms with Gasteiger partial charge in [0.1, 0.15) is 5.75 Å². The molecule has 5 heteroatoms. The Morgan fingerprint density at radius 3 is 3.21 bits per heavy atom. The van der Waals surface area contributed by atoms with Gasteiger partial charge < -0.3 is 14.8 Å². The van der Waals surface area contributed by atoms with Crippen molar-refractivity contribution < 1.29 is 14.3 Å². The van der Waals surface area contributed by atoms with Crippen LogP contribution < -0.4 is 10.1 Å². The molecule has 1 aliphatic heterocycles. The van der Waals surface area contributed by atoms with Crippen LogP contribution in [0.15, 0.2) is 24.3 Å². The second-order valence-corrected chi connectivity index (χ2v) is 4.37. The molecule has 1 N–H and O–H groups in total. The molecule has 5 nitrogen and oxygen atoms in total. The third kappa shape index (κ3) is 4.27. The second kappa shape index (κ2) is 6.76. The lowest BCUT2D eigenvalue weighted by Crippen LogP contribution is -2.35. The highest BCUT2D eigenvalue weighted by molar-refractivity contribution is 5.77. The van der Waals surface area contributed by atoms with Crippen molar-refractivity contribution in [2.75, 3.05) is 19.8 Å². The maximum absolute atomic E-state index is 11.6. The number of rotatable bonds is 5. The van der Waals surface area contributed by atoms with Gasteiger partial charge in [-0.25, -0.2) is 0 Å². The van der Waals surface area contributed by atoms with E-state index in [0.29, 0.717) is 17.9 Å². The minimum Gasteiger partial charge on any atom is -0.484 e. The molecule has 1 fully saturated rings. The quantitative estimate of drug-likeness (QED) is 0.864. The lowest BCUT2D eigenvalue weighted by Gasteiger charge is -2.11. The fourth-order valence-corrected chi connectivity index (χ4v) is 1.89. The van der Waals surface area contributed by atoms with E-state index in [1.807, 2.05) is 6.07 Å². The van der Waals surface area contributed by atoms with Crippen LogP contribution in [0.5, 0.6) is 5.75 Å². The molecule has 19 heavy (non-hydrogen) atoms. The van der Waals surface area contributed by atoms with Crippen LogP contribution in [-0.4, -0.2) is 31.8 Å². The summed E-state index contributed by atoms with van der Waals surface area (Å²) < 4.78 is 10.7. The molecule has 0 saturated carbocycles. The van der Waals surface area contributed by atoms with Gasteiger partial charge in [0.15, 0.2) is 6.61 Å². The first-order chi connectivity index (χ1) is 9.28. The molecule has 1 unspecified atom stereocenters. The standard InChI is InChI=1S/C14H16N2O3/c15-8-11-3-1-4-12(7-11)19-10-14(17)16-9-13-5-2-6-18-13/h1,3-4,7,13H,2,5-6,9-10H2,(H,16,17). The smallest absolute Gasteiger partial charge is 0.258 e. The van der Waals surface area contributed by atoms with Gasteiger partial charge in [-0.2, -0.15) is 5.26 Å². The lowest BCUT2D eigenvalue weighted by atomic mass is 10.2. The maximum atomic E-state index is 11.6. The van der Waals surface area contributed by atoms with Crippen molar-refractivity contribution in [1.29, 1.82) is 5.26 Å². The van der Waals surface area contributed by atoms with Crippen LogP contribution in [0.4, 0.5) is 0 Å². The number of carbonyl (C=O) groups is 1. The first kappa shape index (κ1) is 13.4. The van der Waals surface area contributed by atoms with E-state index < -0.39 is 0 Å². The van der Waals surface area contributed by atoms with Gasteiger partial charge in [0.05, 0.1) is 17.7 Å². The zero-order valence-corrected chi connectivity index (χ0v) is 10.6. The zero-order valence-electron chi connectivity index (χ0n) is 10.6. The number of hydrogen-bond donors (Lipinski definition) is 1. The summed E-state index contributed by atoms with van der Waals surface area (Å²) in [6.07, 6.45) is 2.18. The highest BCUT2D eigenvalue weighted by Gasteiger charge is 2.16. The van der Waals surface area contributed by atoms with Gasteiger partial charge in [-0.05, 0) is 31.0 Å². The number of ether oxygens (including phenoxy) is 2. The van der Waals surface area contributed by atoms with Gasteiger partial charge in [-0.3, -0.25) is 4.79 Å². The molecule has 2 rings (SSSR count). The van der Waals surface area contributed by atoms with Crippen molar-refractivity contribution in [2.24, 2.45) is 0 Å². The molecule has 1 amide bonds. The van der Waals surface area contributed by atoms with Gasteiger partial charge in [0.2, 0.25) is 0 Å². The SMILES string of the molecule is N#Cc1cccc(OCC(=O)NCC2CCCO2)c1. The summed E-state index contributed by atoms with van der Waals surface area (Å²) >= 11 is 0. The van der Waals surface area contributed by atoms with Crippen molar-refractivity contribution in [2.45, 2.75) is 18.9 Å². The van der Waals surface area contributed by atoms with Crippen LogP contribution >= 0.6 is 0 Å². The second-order valence-electron chi connectivity index (χ2n) is 4.37. The van der Waals surface area contributed by atoms with Crippen LogP contribution in [0.25, 0.3) is 0 Å². The fourth-order valence-electron chi connectivity index (χ4n) is 1.89. The van der Waals surface area contributed by atoms with Crippen LogP contribution in [0.1, 0.15) is 18.4 Å². The number of nitrogens with one attached hydrogen (secondary N) is 1. The van der Waals surface area contributed by atoms with Gasteiger partial charge >= 0.3 is 0 Å². The molecule has 1 aromatic rings. The molecule has 1 atom stereocenters. The van der Waals surface area contributed by atoms with Gasteiger partial charge in [0.25, 0.3) is 5.91 Å². The topological polar surface area (TPSA) is 71.3 Å². The fraction of sp³-hybridized carbons (Fsp3) is 0.429. The van der Waals surface area contributed by atoms with E-state index in [1.54, 1.807) is 24.3 Å². The minimum absolute atomic E-state index is 0.0540. The summed E-state index contributed by atoms with van der Waals surface area (Å²) in [5.41, 5.74) is 0.511. The summed E-state index contributed by atoms with van der Waals surface area (Å²) in [6.45, 7) is 1.25. The molecular weight excluding hydrogens is 244 g/mol. The Morgan fingerprint density at radius 1 is 1.58 bits per heavy atom. The number of nitrogens with zero attached hydrogens (tertiary/aromatic N) is 1. The number of nitriles is 1. The van der Waals surface area contributed by atoms with Gasteiger partial charge in [0, 0.05) is 13.2 Å². The highest BCUT2D eigenvalue weighted by atomic mass is 16.5. The minimum atomic E-state index is -0.183. The third-order valence-corrected chi connectivity index (χ3v) is 2.88. The van der Waals surface area contributed by atoms with Crippen molar-refractivity contribution in [3.05, 3.63) is 29.8 Å². The summed E-state index contributed by atoms with van der Waals surface area (Å²) in [7, 11) is 0. The average Bonchev–Trinajstić information content (AvgIpc) is 2.96. The van der Waals surface area contributed by atoms with E-state index in [2.05, 4.69) is 5.32 Å². The maximum Gasteiger partial charge on any atom is 0.258 e. The van der Waals surface area contributed by atoms with E-state index in [4.69, 9.17) is 14.7 Å². The Balaban J connectivity index is 1.72. The molecule has 100 valence electrons. The van der Waals surface area contributed by atoms with Crippen molar-refractivity contribution in [3.63, 3.8) is 0 Å². The Morgan fingerprint density at radius 2 is 2.47 bits per heavy atom. The first-order valence-electron chi connectivity index (χ1n) is 6.29. The Bertz CT molecular complexity index is 476. The monoisotopic (exact) mass is 260 g/mol. The molecule has 1 heterocycles. The predicted molar refractivity (Wildman–Crippen MR) is 68.6 cm³/mol. The predicted octanol–water partition coefficient (Wildman–Crippen LogP) is 1.23. The normalized spacial score (nSPS) is 17.7.